The molecule has 0 fully saturated rings. The summed E-state index contributed by atoms with van der Waals surface area (Å²) < 4.78 is 22.9. The van der Waals surface area contributed by atoms with Gasteiger partial charge in [0.2, 0.25) is 0 Å². The summed E-state index contributed by atoms with van der Waals surface area (Å²) in [5.41, 5.74) is 14.8. The van der Waals surface area contributed by atoms with E-state index in [-0.39, 0.29) is 0 Å². The van der Waals surface area contributed by atoms with Gasteiger partial charge in [-0.2, -0.15) is 10.5 Å². The summed E-state index contributed by atoms with van der Waals surface area (Å²) >= 11 is 0. The third-order valence-corrected chi connectivity index (χ3v) is 16.0. The normalized spacial score (nSPS) is 12.2. The van der Waals surface area contributed by atoms with E-state index in [1.165, 1.54) is 21.5 Å². The van der Waals surface area contributed by atoms with Crippen molar-refractivity contribution in [3.8, 4) is 34.9 Å². The van der Waals surface area contributed by atoms with Crippen LogP contribution < -0.4 is 0 Å². The van der Waals surface area contributed by atoms with Gasteiger partial charge in [-0.3, -0.25) is 0 Å². The Kier molecular flexibility index (Phi) is 7.99. The molecule has 8 nitrogen and oxygen atoms in total. The predicted octanol–water partition coefficient (Wildman–Crippen LogP) is 17.6. The lowest BCUT2D eigenvalue weighted by Gasteiger charge is -2.19. The van der Waals surface area contributed by atoms with Gasteiger partial charge in [0, 0.05) is 65.2 Å². The first-order valence-corrected chi connectivity index (χ1v) is 25.4. The Morgan fingerprint density at radius 1 is 0.276 bits per heavy atom. The van der Waals surface area contributed by atoms with Gasteiger partial charge in [-0.25, -0.2) is 0 Å². The molecule has 8 heteroatoms. The molecule has 0 atom stereocenters. The molecule has 6 heterocycles. The van der Waals surface area contributed by atoms with Crippen LogP contribution in [0.1, 0.15) is 11.1 Å². The molecular weight excluding hydrogens is 933 g/mol. The van der Waals surface area contributed by atoms with E-state index in [2.05, 4.69) is 200 Å². The van der Waals surface area contributed by atoms with E-state index in [0.29, 0.717) is 22.5 Å². The molecule has 0 radical (unpaired) electrons. The van der Waals surface area contributed by atoms with Gasteiger partial charge >= 0.3 is 0 Å². The van der Waals surface area contributed by atoms with E-state index < -0.39 is 0 Å². The molecule has 350 valence electrons. The summed E-state index contributed by atoms with van der Waals surface area (Å²) in [7, 11) is 0. The van der Waals surface area contributed by atoms with Crippen molar-refractivity contribution in [1.82, 2.24) is 18.3 Å². The molecule has 11 aromatic carbocycles. The van der Waals surface area contributed by atoms with Crippen LogP contribution in [-0.4, -0.2) is 18.3 Å². The summed E-state index contributed by atoms with van der Waals surface area (Å²) in [5, 5.41) is 35.3. The molecule has 6 aromatic heterocycles. The van der Waals surface area contributed by atoms with Gasteiger partial charge in [0.25, 0.3) is 0 Å². The van der Waals surface area contributed by atoms with Gasteiger partial charge in [0.05, 0.1) is 77.4 Å². The van der Waals surface area contributed by atoms with Crippen molar-refractivity contribution in [3.63, 3.8) is 0 Å². The van der Waals surface area contributed by atoms with Gasteiger partial charge in [0.1, 0.15) is 34.5 Å². The number of hydrogen-bond acceptors (Lipinski definition) is 4. The maximum absolute atomic E-state index is 11.5. The molecule has 0 saturated heterocycles. The van der Waals surface area contributed by atoms with Crippen LogP contribution >= 0.6 is 0 Å². The number of fused-ring (bicyclic) bond motifs is 20. The lowest BCUT2D eigenvalue weighted by atomic mass is 10.0. The van der Waals surface area contributed by atoms with E-state index >= 15 is 0 Å². The number of benzene rings is 11. The van der Waals surface area contributed by atoms with E-state index in [0.717, 1.165) is 121 Å². The lowest BCUT2D eigenvalue weighted by molar-refractivity contribution is 0.672. The SMILES string of the molecule is N#Cc1ccc(C#N)c(-n2c3ccc(-n4c5ccccc5c5ccccc54)cc3c3c4oc5ccccc5c4ccc32)c1-n1c2ccc(-n3c4ccccc4c4ccccc43)cc2c2c3oc4ccccc4c3ccc21. The minimum absolute atomic E-state index is 0.408. The number of rotatable bonds is 4. The molecule has 0 N–H and O–H groups in total. The van der Waals surface area contributed by atoms with Crippen molar-refractivity contribution in [2.24, 2.45) is 0 Å². The zero-order valence-electron chi connectivity index (χ0n) is 40.3. The third-order valence-electron chi connectivity index (χ3n) is 16.0. The van der Waals surface area contributed by atoms with E-state index in [1.54, 1.807) is 12.1 Å². The smallest absolute Gasteiger partial charge is 0.145 e. The molecule has 76 heavy (non-hydrogen) atoms. The second kappa shape index (κ2) is 14.9. The van der Waals surface area contributed by atoms with Crippen molar-refractivity contribution in [1.29, 1.82) is 10.5 Å². The fourth-order valence-corrected chi connectivity index (χ4v) is 12.9. The van der Waals surface area contributed by atoms with Crippen LogP contribution in [0, 0.1) is 22.7 Å². The Balaban J connectivity index is 1.02. The molecule has 17 rings (SSSR count). The predicted molar refractivity (Wildman–Crippen MR) is 308 cm³/mol. The average Bonchev–Trinajstić information content (AvgIpc) is 4.48. The molecule has 0 spiro atoms. The van der Waals surface area contributed by atoms with Crippen molar-refractivity contribution in [2.75, 3.05) is 0 Å². The molecule has 0 bridgehead atoms. The fourth-order valence-electron chi connectivity index (χ4n) is 12.9. The Bertz CT molecular complexity index is 5070. The molecule has 0 aliphatic carbocycles. The first-order chi connectivity index (χ1) is 37.6. The van der Waals surface area contributed by atoms with Crippen molar-refractivity contribution in [3.05, 3.63) is 230 Å². The van der Waals surface area contributed by atoms with Gasteiger partial charge in [0.15, 0.2) is 0 Å². The van der Waals surface area contributed by atoms with Crippen LogP contribution in [0.15, 0.2) is 227 Å². The number of nitriles is 2. The molecule has 0 saturated carbocycles. The Hall–Kier alpha value is -10.8. The minimum Gasteiger partial charge on any atom is -0.455 e. The van der Waals surface area contributed by atoms with Crippen molar-refractivity contribution in [2.45, 2.75) is 0 Å². The van der Waals surface area contributed by atoms with Crippen LogP contribution in [-0.2, 0) is 0 Å². The lowest BCUT2D eigenvalue weighted by Crippen LogP contribution is -2.08. The highest BCUT2D eigenvalue weighted by Crippen LogP contribution is 2.47. The highest BCUT2D eigenvalue weighted by atomic mass is 16.3. The zero-order chi connectivity index (χ0) is 49.9. The monoisotopic (exact) mass is 968 g/mol. The van der Waals surface area contributed by atoms with Crippen LogP contribution in [0.25, 0.3) is 154 Å². The number of aromatic nitrogens is 4. The molecule has 0 aliphatic rings. The number of para-hydroxylation sites is 6. The van der Waals surface area contributed by atoms with Gasteiger partial charge in [-0.1, -0.05) is 109 Å². The third kappa shape index (κ3) is 5.23. The Morgan fingerprint density at radius 3 is 0.987 bits per heavy atom. The largest absolute Gasteiger partial charge is 0.455 e. The highest BCUT2D eigenvalue weighted by Gasteiger charge is 2.29. The van der Waals surface area contributed by atoms with Crippen molar-refractivity contribution < 1.29 is 8.83 Å². The second-order valence-corrected chi connectivity index (χ2v) is 19.8. The first-order valence-electron chi connectivity index (χ1n) is 25.4. The van der Waals surface area contributed by atoms with Crippen LogP contribution in [0.2, 0.25) is 0 Å². The number of nitrogens with zero attached hydrogens (tertiary/aromatic N) is 6. The highest BCUT2D eigenvalue weighted by molar-refractivity contribution is 6.26. The quantitative estimate of drug-likeness (QED) is 0.176. The summed E-state index contributed by atoms with van der Waals surface area (Å²) in [5.74, 6) is 0. The Morgan fingerprint density at radius 2 is 0.605 bits per heavy atom. The van der Waals surface area contributed by atoms with Crippen LogP contribution in [0.5, 0.6) is 0 Å². The average molecular weight is 969 g/mol. The molecule has 0 aliphatic heterocycles. The maximum Gasteiger partial charge on any atom is 0.145 e. The standard InChI is InChI=1S/C68H36N6O2/c69-37-39-25-26-40(38-70)66(74-58-32-28-42(72-55-21-9-3-15-45(55)46-16-4-10-22-56(46)72)36-52(58)64-60(74)34-30-50-48-18-6-12-24-62(48)76-68(50)64)65(39)73-57-31-27-41(71-53-19-7-1-13-43(53)44-14-2-8-20-54(44)71)35-51(57)63-59(73)33-29-49-47-17-5-11-23-61(47)75-67(49)63/h1-36H. The van der Waals surface area contributed by atoms with Gasteiger partial charge in [-0.05, 0) is 109 Å². The summed E-state index contributed by atoms with van der Waals surface area (Å²) in [6.45, 7) is 0. The summed E-state index contributed by atoms with van der Waals surface area (Å²) in [6.07, 6.45) is 0. The summed E-state index contributed by atoms with van der Waals surface area (Å²) in [6, 6.07) is 81.0. The topological polar surface area (TPSA) is 93.6 Å². The van der Waals surface area contributed by atoms with Crippen molar-refractivity contribution >= 4 is 131 Å². The minimum atomic E-state index is 0.408. The second-order valence-electron chi connectivity index (χ2n) is 19.8. The zero-order valence-corrected chi connectivity index (χ0v) is 40.3. The molecule has 0 unspecified atom stereocenters. The number of furan rings is 2. The Labute approximate surface area is 431 Å². The molecule has 17 aromatic rings. The van der Waals surface area contributed by atoms with E-state index in [9.17, 15) is 10.5 Å². The summed E-state index contributed by atoms with van der Waals surface area (Å²) in [4.78, 5) is 0. The first kappa shape index (κ1) is 40.8. The van der Waals surface area contributed by atoms with Gasteiger partial charge < -0.3 is 27.1 Å². The van der Waals surface area contributed by atoms with Gasteiger partial charge in [-0.15, -0.1) is 0 Å². The number of hydrogen-bond donors (Lipinski definition) is 0. The van der Waals surface area contributed by atoms with Crippen LogP contribution in [0.3, 0.4) is 0 Å². The molecular formula is C68H36N6O2. The van der Waals surface area contributed by atoms with Crippen LogP contribution in [0.4, 0.5) is 0 Å². The van der Waals surface area contributed by atoms with E-state index in [4.69, 9.17) is 8.83 Å². The van der Waals surface area contributed by atoms with E-state index in [1.807, 2.05) is 36.4 Å². The fraction of sp³-hybridized carbons (Fsp3) is 0. The molecule has 0 amide bonds. The maximum atomic E-state index is 11.5.